The third-order valence-electron chi connectivity index (χ3n) is 4.71. The topological polar surface area (TPSA) is 76.2 Å². The van der Waals surface area contributed by atoms with Crippen LogP contribution in [0.2, 0.25) is 0 Å². The minimum Gasteiger partial charge on any atom is -0.434 e. The van der Waals surface area contributed by atoms with Crippen LogP contribution < -0.4 is 4.74 Å². The first-order valence-electron chi connectivity index (χ1n) is 9.76. The summed E-state index contributed by atoms with van der Waals surface area (Å²) < 4.78 is 23.1. The van der Waals surface area contributed by atoms with E-state index in [9.17, 15) is 18.8 Å². The molecule has 1 saturated heterocycles. The van der Waals surface area contributed by atoms with Crippen molar-refractivity contribution >= 4 is 18.0 Å². The summed E-state index contributed by atoms with van der Waals surface area (Å²) in [6, 6.07) is 11.8. The lowest BCUT2D eigenvalue weighted by molar-refractivity contribution is 0.0718. The van der Waals surface area contributed by atoms with Gasteiger partial charge in [-0.05, 0) is 55.8 Å². The molecule has 0 aliphatic carbocycles. The van der Waals surface area contributed by atoms with Gasteiger partial charge in [0.25, 0.3) is 11.8 Å². The number of amides is 2. The van der Waals surface area contributed by atoms with Crippen LogP contribution in [0.1, 0.15) is 34.1 Å². The Labute approximate surface area is 174 Å². The van der Waals surface area contributed by atoms with Gasteiger partial charge in [-0.25, -0.2) is 9.18 Å². The van der Waals surface area contributed by atoms with E-state index in [4.69, 9.17) is 9.47 Å². The maximum absolute atomic E-state index is 13.4. The number of nitrogens with zero attached hydrogens (tertiary/aromatic N) is 2. The Kier molecular flexibility index (Phi) is 7.00. The molecule has 0 radical (unpaired) electrons. The Morgan fingerprint density at radius 3 is 2.13 bits per heavy atom. The van der Waals surface area contributed by atoms with E-state index < -0.39 is 12.0 Å². The van der Waals surface area contributed by atoms with Crippen LogP contribution in [0.4, 0.5) is 9.18 Å². The van der Waals surface area contributed by atoms with E-state index in [-0.39, 0.29) is 24.2 Å². The van der Waals surface area contributed by atoms with E-state index in [1.807, 2.05) is 0 Å². The molecule has 30 heavy (non-hydrogen) atoms. The van der Waals surface area contributed by atoms with E-state index in [0.717, 1.165) is 0 Å². The third-order valence-corrected chi connectivity index (χ3v) is 4.71. The Morgan fingerprint density at radius 1 is 0.900 bits per heavy atom. The average Bonchev–Trinajstić information content (AvgIpc) is 3.00. The van der Waals surface area contributed by atoms with Gasteiger partial charge in [-0.2, -0.15) is 0 Å². The lowest BCUT2D eigenvalue weighted by Gasteiger charge is -2.22. The Bertz CT molecular complexity index is 916. The molecule has 0 atom stereocenters. The van der Waals surface area contributed by atoms with Gasteiger partial charge in [-0.1, -0.05) is 6.07 Å². The van der Waals surface area contributed by atoms with Crippen molar-refractivity contribution in [3.05, 3.63) is 65.5 Å². The second kappa shape index (κ2) is 9.87. The standard InChI is InChI=1S/C22H23FN2O5/c1-2-29-22(28)30-19-9-7-16(8-10-19)20(26)24-11-4-12-25(14-13-24)21(27)17-5-3-6-18(23)15-17/h3,5-10,15H,2,4,11-14H2,1H3. The summed E-state index contributed by atoms with van der Waals surface area (Å²) in [7, 11) is 0. The molecule has 0 bridgehead atoms. The van der Waals surface area contributed by atoms with Gasteiger partial charge in [0.05, 0.1) is 6.61 Å². The smallest absolute Gasteiger partial charge is 0.434 e. The molecule has 0 spiro atoms. The van der Waals surface area contributed by atoms with E-state index in [1.165, 1.54) is 30.3 Å². The second-order valence-electron chi connectivity index (χ2n) is 6.76. The predicted octanol–water partition coefficient (Wildman–Crippen LogP) is 3.35. The number of halogens is 1. The molecule has 0 N–H and O–H groups in total. The summed E-state index contributed by atoms with van der Waals surface area (Å²) in [5, 5.41) is 0. The van der Waals surface area contributed by atoms with Crippen molar-refractivity contribution in [1.82, 2.24) is 9.80 Å². The van der Waals surface area contributed by atoms with Gasteiger partial charge in [0.15, 0.2) is 0 Å². The highest BCUT2D eigenvalue weighted by atomic mass is 19.1. The van der Waals surface area contributed by atoms with E-state index in [2.05, 4.69) is 0 Å². The number of hydrogen-bond donors (Lipinski definition) is 0. The molecule has 0 aromatic heterocycles. The fourth-order valence-electron chi connectivity index (χ4n) is 3.22. The van der Waals surface area contributed by atoms with Gasteiger partial charge in [-0.3, -0.25) is 9.59 Å². The van der Waals surface area contributed by atoms with Gasteiger partial charge in [0.2, 0.25) is 0 Å². The maximum Gasteiger partial charge on any atom is 0.513 e. The first-order valence-corrected chi connectivity index (χ1v) is 9.76. The quantitative estimate of drug-likeness (QED) is 0.567. The molecule has 0 unspecified atom stereocenters. The zero-order chi connectivity index (χ0) is 21.5. The predicted molar refractivity (Wildman–Crippen MR) is 107 cm³/mol. The number of hydrogen-bond acceptors (Lipinski definition) is 5. The zero-order valence-electron chi connectivity index (χ0n) is 16.7. The van der Waals surface area contributed by atoms with Crippen LogP contribution in [0, 0.1) is 5.82 Å². The lowest BCUT2D eigenvalue weighted by atomic mass is 10.2. The highest BCUT2D eigenvalue weighted by Gasteiger charge is 2.24. The molecule has 3 rings (SSSR count). The van der Waals surface area contributed by atoms with Crippen molar-refractivity contribution < 1.29 is 28.2 Å². The van der Waals surface area contributed by atoms with Crippen molar-refractivity contribution in [2.45, 2.75) is 13.3 Å². The average molecular weight is 414 g/mol. The molecule has 1 aliphatic heterocycles. The van der Waals surface area contributed by atoms with Gasteiger partial charge < -0.3 is 19.3 Å². The number of benzene rings is 2. The third kappa shape index (κ3) is 5.34. The van der Waals surface area contributed by atoms with Crippen molar-refractivity contribution in [2.24, 2.45) is 0 Å². The van der Waals surface area contributed by atoms with Crippen molar-refractivity contribution in [3.63, 3.8) is 0 Å². The highest BCUT2D eigenvalue weighted by Crippen LogP contribution is 2.16. The maximum atomic E-state index is 13.4. The molecule has 1 fully saturated rings. The molecule has 1 aliphatic rings. The zero-order valence-corrected chi connectivity index (χ0v) is 16.7. The van der Waals surface area contributed by atoms with Gasteiger partial charge in [0, 0.05) is 37.3 Å². The Morgan fingerprint density at radius 2 is 1.53 bits per heavy atom. The van der Waals surface area contributed by atoms with E-state index >= 15 is 0 Å². The summed E-state index contributed by atoms with van der Waals surface area (Å²) in [6.45, 7) is 3.63. The SMILES string of the molecule is CCOC(=O)Oc1ccc(C(=O)N2CCCN(C(=O)c3cccc(F)c3)CC2)cc1. The van der Waals surface area contributed by atoms with Crippen LogP contribution in [0.3, 0.4) is 0 Å². The summed E-state index contributed by atoms with van der Waals surface area (Å²) in [4.78, 5) is 40.1. The summed E-state index contributed by atoms with van der Waals surface area (Å²) in [6.07, 6.45) is -0.177. The Balaban J connectivity index is 1.60. The minimum atomic E-state index is -0.799. The molecule has 7 nitrogen and oxygen atoms in total. The fourth-order valence-corrected chi connectivity index (χ4v) is 3.22. The summed E-state index contributed by atoms with van der Waals surface area (Å²) in [5.41, 5.74) is 0.753. The normalized spacial score (nSPS) is 14.1. The molecule has 0 saturated carbocycles. The van der Waals surface area contributed by atoms with E-state index in [0.29, 0.717) is 43.7 Å². The fraction of sp³-hybridized carbons (Fsp3) is 0.318. The molecular formula is C22H23FN2O5. The molecule has 8 heteroatoms. The van der Waals surface area contributed by atoms with Gasteiger partial charge in [-0.15, -0.1) is 0 Å². The van der Waals surface area contributed by atoms with Crippen LogP contribution in [-0.2, 0) is 4.74 Å². The molecule has 2 amide bonds. The van der Waals surface area contributed by atoms with Crippen molar-refractivity contribution in [1.29, 1.82) is 0 Å². The van der Waals surface area contributed by atoms with Crippen LogP contribution in [0.5, 0.6) is 5.75 Å². The van der Waals surface area contributed by atoms with Crippen LogP contribution in [0.15, 0.2) is 48.5 Å². The monoisotopic (exact) mass is 414 g/mol. The number of carbonyl (C=O) groups is 3. The first-order chi connectivity index (χ1) is 14.5. The van der Waals surface area contributed by atoms with Gasteiger partial charge >= 0.3 is 6.16 Å². The largest absolute Gasteiger partial charge is 0.513 e. The highest BCUT2D eigenvalue weighted by molar-refractivity contribution is 5.95. The molecule has 1 heterocycles. The molecular weight excluding hydrogens is 391 g/mol. The van der Waals surface area contributed by atoms with Crippen LogP contribution in [-0.4, -0.2) is 60.6 Å². The second-order valence-corrected chi connectivity index (χ2v) is 6.76. The first kappa shape index (κ1) is 21.3. The van der Waals surface area contributed by atoms with Crippen molar-refractivity contribution in [3.8, 4) is 5.75 Å². The molecule has 158 valence electrons. The minimum absolute atomic E-state index is 0.169. The Hall–Kier alpha value is -3.42. The van der Waals surface area contributed by atoms with Crippen molar-refractivity contribution in [2.75, 3.05) is 32.8 Å². The van der Waals surface area contributed by atoms with Crippen LogP contribution >= 0.6 is 0 Å². The number of carbonyl (C=O) groups excluding carboxylic acids is 3. The van der Waals surface area contributed by atoms with E-state index in [1.54, 1.807) is 34.9 Å². The number of rotatable bonds is 4. The summed E-state index contributed by atoms with van der Waals surface area (Å²) >= 11 is 0. The van der Waals surface area contributed by atoms with Gasteiger partial charge in [0.1, 0.15) is 11.6 Å². The lowest BCUT2D eigenvalue weighted by Crippen LogP contribution is -2.37. The number of ether oxygens (including phenoxy) is 2. The molecule has 2 aromatic carbocycles. The summed E-state index contributed by atoms with van der Waals surface area (Å²) in [5.74, 6) is -0.586. The van der Waals surface area contributed by atoms with Crippen LogP contribution in [0.25, 0.3) is 0 Å². The molecule has 2 aromatic rings.